The van der Waals surface area contributed by atoms with E-state index in [1.807, 2.05) is 30.3 Å². The molecule has 0 unspecified atom stereocenters. The van der Waals surface area contributed by atoms with Gasteiger partial charge in [0.05, 0.1) is 16.6 Å². The van der Waals surface area contributed by atoms with Crippen molar-refractivity contribution in [2.45, 2.75) is 6.42 Å². The van der Waals surface area contributed by atoms with E-state index in [9.17, 15) is 4.79 Å². The molecule has 3 nitrogen and oxygen atoms in total. The Morgan fingerprint density at radius 3 is 2.58 bits per heavy atom. The quantitative estimate of drug-likeness (QED) is 0.912. The minimum absolute atomic E-state index is 0.220. The number of benzene rings is 2. The predicted molar refractivity (Wildman–Crippen MR) is 76.7 cm³/mol. The maximum Gasteiger partial charge on any atom is 0.335 e. The molecule has 0 saturated carbocycles. The van der Waals surface area contributed by atoms with Crippen LogP contribution in [0.15, 0.2) is 53.0 Å². The van der Waals surface area contributed by atoms with E-state index in [4.69, 9.17) is 9.84 Å². The van der Waals surface area contributed by atoms with Crippen LogP contribution in [0.1, 0.15) is 15.9 Å². The molecule has 0 aliphatic heterocycles. The molecule has 0 heterocycles. The Morgan fingerprint density at radius 1 is 1.16 bits per heavy atom. The summed E-state index contributed by atoms with van der Waals surface area (Å²) >= 11 is 3.35. The lowest BCUT2D eigenvalue weighted by Gasteiger charge is -2.09. The minimum Gasteiger partial charge on any atom is -0.492 e. The summed E-state index contributed by atoms with van der Waals surface area (Å²) in [5, 5.41) is 8.93. The first-order valence-electron chi connectivity index (χ1n) is 5.86. The molecule has 0 spiro atoms. The first-order valence-corrected chi connectivity index (χ1v) is 6.65. The van der Waals surface area contributed by atoms with Gasteiger partial charge in [-0.1, -0.05) is 30.3 Å². The van der Waals surface area contributed by atoms with Gasteiger partial charge < -0.3 is 9.84 Å². The van der Waals surface area contributed by atoms with Crippen LogP contribution in [-0.2, 0) is 6.42 Å². The van der Waals surface area contributed by atoms with Gasteiger partial charge in [0.1, 0.15) is 5.75 Å². The van der Waals surface area contributed by atoms with E-state index in [0.717, 1.165) is 10.9 Å². The van der Waals surface area contributed by atoms with Crippen molar-refractivity contribution < 1.29 is 14.6 Å². The lowest BCUT2D eigenvalue weighted by Crippen LogP contribution is -2.03. The monoisotopic (exact) mass is 320 g/mol. The Bertz CT molecular complexity index is 567. The fourth-order valence-electron chi connectivity index (χ4n) is 1.67. The van der Waals surface area contributed by atoms with Gasteiger partial charge in [0.2, 0.25) is 0 Å². The minimum atomic E-state index is -0.958. The summed E-state index contributed by atoms with van der Waals surface area (Å²) in [6.45, 7) is 0.506. The summed E-state index contributed by atoms with van der Waals surface area (Å²) < 4.78 is 6.38. The third-order valence-corrected chi connectivity index (χ3v) is 3.32. The van der Waals surface area contributed by atoms with Gasteiger partial charge in [-0.05, 0) is 39.7 Å². The zero-order chi connectivity index (χ0) is 13.7. The zero-order valence-electron chi connectivity index (χ0n) is 10.2. The second-order valence-corrected chi connectivity index (χ2v) is 4.89. The largest absolute Gasteiger partial charge is 0.492 e. The molecule has 0 amide bonds. The zero-order valence-corrected chi connectivity index (χ0v) is 11.8. The van der Waals surface area contributed by atoms with E-state index in [2.05, 4.69) is 15.9 Å². The first-order chi connectivity index (χ1) is 9.16. The van der Waals surface area contributed by atoms with Crippen molar-refractivity contribution in [2.24, 2.45) is 0 Å². The van der Waals surface area contributed by atoms with Crippen LogP contribution < -0.4 is 4.74 Å². The molecule has 0 aliphatic carbocycles. The number of hydrogen-bond acceptors (Lipinski definition) is 2. The van der Waals surface area contributed by atoms with Crippen molar-refractivity contribution in [3.63, 3.8) is 0 Å². The van der Waals surface area contributed by atoms with E-state index in [0.29, 0.717) is 12.4 Å². The van der Waals surface area contributed by atoms with Crippen LogP contribution in [0.4, 0.5) is 0 Å². The van der Waals surface area contributed by atoms with Crippen LogP contribution in [0.3, 0.4) is 0 Å². The molecule has 0 aromatic heterocycles. The molecule has 0 aliphatic rings. The van der Waals surface area contributed by atoms with Gasteiger partial charge in [-0.3, -0.25) is 0 Å². The first kappa shape index (κ1) is 13.6. The Labute approximate surface area is 120 Å². The number of carboxylic acid groups (broad SMARTS) is 1. The number of hydrogen-bond donors (Lipinski definition) is 1. The van der Waals surface area contributed by atoms with Crippen molar-refractivity contribution in [1.82, 2.24) is 0 Å². The van der Waals surface area contributed by atoms with Crippen LogP contribution in [0.25, 0.3) is 0 Å². The van der Waals surface area contributed by atoms with Crippen LogP contribution in [0.2, 0.25) is 0 Å². The Balaban J connectivity index is 1.99. The van der Waals surface area contributed by atoms with Crippen molar-refractivity contribution >= 4 is 21.9 Å². The summed E-state index contributed by atoms with van der Waals surface area (Å²) in [6, 6.07) is 14.7. The standard InChI is InChI=1S/C15H13BrO3/c16-13-7-6-12(15(17)18)10-14(13)19-9-8-11-4-2-1-3-5-11/h1-7,10H,8-9H2,(H,17,18). The van der Waals surface area contributed by atoms with Crippen molar-refractivity contribution in [3.05, 3.63) is 64.1 Å². The number of carbonyl (C=O) groups is 1. The van der Waals surface area contributed by atoms with Crippen LogP contribution >= 0.6 is 15.9 Å². The molecule has 0 radical (unpaired) electrons. The summed E-state index contributed by atoms with van der Waals surface area (Å²) in [5.41, 5.74) is 1.41. The second-order valence-electron chi connectivity index (χ2n) is 4.03. The summed E-state index contributed by atoms with van der Waals surface area (Å²) in [4.78, 5) is 10.9. The van der Waals surface area contributed by atoms with Crippen molar-refractivity contribution in [1.29, 1.82) is 0 Å². The SMILES string of the molecule is O=C(O)c1ccc(Br)c(OCCc2ccccc2)c1. The highest BCUT2D eigenvalue weighted by molar-refractivity contribution is 9.10. The molecule has 19 heavy (non-hydrogen) atoms. The van der Waals surface area contributed by atoms with E-state index in [1.165, 1.54) is 17.7 Å². The maximum absolute atomic E-state index is 10.9. The molecule has 2 rings (SSSR count). The molecule has 0 atom stereocenters. The second kappa shape index (κ2) is 6.38. The molecule has 0 saturated heterocycles. The molecular weight excluding hydrogens is 308 g/mol. The van der Waals surface area contributed by atoms with E-state index < -0.39 is 5.97 Å². The van der Waals surface area contributed by atoms with Crippen molar-refractivity contribution in [3.8, 4) is 5.75 Å². The molecule has 0 bridgehead atoms. The molecule has 0 fully saturated rings. The van der Waals surface area contributed by atoms with E-state index in [-0.39, 0.29) is 5.56 Å². The van der Waals surface area contributed by atoms with Crippen LogP contribution in [0, 0.1) is 0 Å². The fraction of sp³-hybridized carbons (Fsp3) is 0.133. The van der Waals surface area contributed by atoms with Crippen molar-refractivity contribution in [2.75, 3.05) is 6.61 Å². The van der Waals surface area contributed by atoms with Gasteiger partial charge in [0.25, 0.3) is 0 Å². The molecule has 2 aromatic rings. The van der Waals surface area contributed by atoms with Gasteiger partial charge in [-0.25, -0.2) is 4.79 Å². The fourth-order valence-corrected chi connectivity index (χ4v) is 2.03. The van der Waals surface area contributed by atoms with Gasteiger partial charge in [0, 0.05) is 6.42 Å². The Hall–Kier alpha value is -1.81. The predicted octanol–water partition coefficient (Wildman–Crippen LogP) is 3.77. The smallest absolute Gasteiger partial charge is 0.335 e. The summed E-state index contributed by atoms with van der Waals surface area (Å²) in [7, 11) is 0. The topological polar surface area (TPSA) is 46.5 Å². The average molecular weight is 321 g/mol. The molecular formula is C15H13BrO3. The van der Waals surface area contributed by atoms with Gasteiger partial charge in [-0.15, -0.1) is 0 Å². The molecule has 98 valence electrons. The van der Waals surface area contributed by atoms with Crippen LogP contribution in [0.5, 0.6) is 5.75 Å². The normalized spacial score (nSPS) is 10.2. The third-order valence-electron chi connectivity index (χ3n) is 2.67. The van der Waals surface area contributed by atoms with Gasteiger partial charge in [0.15, 0.2) is 0 Å². The Kier molecular flexibility index (Phi) is 4.58. The van der Waals surface area contributed by atoms with E-state index >= 15 is 0 Å². The number of carboxylic acids is 1. The van der Waals surface area contributed by atoms with E-state index in [1.54, 1.807) is 6.07 Å². The summed E-state index contributed by atoms with van der Waals surface area (Å²) in [5.74, 6) is -0.406. The maximum atomic E-state index is 10.9. The number of halogens is 1. The van der Waals surface area contributed by atoms with Crippen LogP contribution in [-0.4, -0.2) is 17.7 Å². The molecule has 4 heteroatoms. The number of ether oxygens (including phenoxy) is 1. The molecule has 1 N–H and O–H groups in total. The highest BCUT2D eigenvalue weighted by atomic mass is 79.9. The molecule has 2 aromatic carbocycles. The van der Waals surface area contributed by atoms with Gasteiger partial charge in [-0.2, -0.15) is 0 Å². The highest BCUT2D eigenvalue weighted by Crippen LogP contribution is 2.26. The highest BCUT2D eigenvalue weighted by Gasteiger charge is 2.07. The Morgan fingerprint density at radius 2 is 1.89 bits per heavy atom. The lowest BCUT2D eigenvalue weighted by molar-refractivity contribution is 0.0696. The number of rotatable bonds is 5. The summed E-state index contributed by atoms with van der Waals surface area (Å²) in [6.07, 6.45) is 0.782. The van der Waals surface area contributed by atoms with Gasteiger partial charge >= 0.3 is 5.97 Å². The number of aromatic carboxylic acids is 1. The average Bonchev–Trinajstić information content (AvgIpc) is 2.42. The lowest BCUT2D eigenvalue weighted by atomic mass is 10.2. The third kappa shape index (κ3) is 3.83.